The van der Waals surface area contributed by atoms with E-state index in [1.165, 1.54) is 13.1 Å². The molecule has 1 aliphatic rings. The zero-order chi connectivity index (χ0) is 11.8. The molecule has 0 spiro atoms. The monoisotopic (exact) mass is 242 g/mol. The molecule has 88 valence electrons. The van der Waals surface area contributed by atoms with Crippen molar-refractivity contribution in [1.29, 1.82) is 0 Å². The van der Waals surface area contributed by atoms with Gasteiger partial charge in [-0.15, -0.1) is 0 Å². The molecule has 1 aromatic heterocycles. The Morgan fingerprint density at radius 3 is 2.56 bits per heavy atom. The molecule has 16 heavy (non-hydrogen) atoms. The number of ketones is 1. The predicted octanol–water partition coefficient (Wildman–Crippen LogP) is 0.835. The average Bonchev–Trinajstić information content (AvgIpc) is 2.66. The number of rotatable bonds is 2. The molecule has 1 aromatic rings. The molecule has 1 fully saturated rings. The summed E-state index contributed by atoms with van der Waals surface area (Å²) in [5.41, 5.74) is 0.577. The first-order valence-electron chi connectivity index (χ1n) is 5.23. The van der Waals surface area contributed by atoms with Crippen molar-refractivity contribution in [3.05, 3.63) is 18.0 Å². The third-order valence-corrected chi connectivity index (χ3v) is 4.62. The Morgan fingerprint density at radius 1 is 1.44 bits per heavy atom. The second-order valence-electron chi connectivity index (χ2n) is 4.15. The van der Waals surface area contributed by atoms with Crippen molar-refractivity contribution in [2.75, 3.05) is 11.5 Å². The topological polar surface area (TPSA) is 69.0 Å². The quantitative estimate of drug-likeness (QED) is 0.720. The third-order valence-electron chi connectivity index (χ3n) is 2.91. The van der Waals surface area contributed by atoms with E-state index in [4.69, 9.17) is 0 Å². The van der Waals surface area contributed by atoms with Crippen LogP contribution in [0, 0.1) is 0 Å². The summed E-state index contributed by atoms with van der Waals surface area (Å²) in [5, 5.41) is 4.11. The Balaban J connectivity index is 2.11. The highest BCUT2D eigenvalue weighted by molar-refractivity contribution is 7.91. The predicted molar refractivity (Wildman–Crippen MR) is 59.2 cm³/mol. The number of nitrogens with zero attached hydrogens (tertiary/aromatic N) is 2. The van der Waals surface area contributed by atoms with Gasteiger partial charge >= 0.3 is 0 Å². The smallest absolute Gasteiger partial charge is 0.162 e. The van der Waals surface area contributed by atoms with Crippen molar-refractivity contribution >= 4 is 15.6 Å². The summed E-state index contributed by atoms with van der Waals surface area (Å²) >= 11 is 0. The molecule has 6 heteroatoms. The Morgan fingerprint density at radius 2 is 2.06 bits per heavy atom. The Hall–Kier alpha value is -1.17. The van der Waals surface area contributed by atoms with Crippen LogP contribution in [0.3, 0.4) is 0 Å². The molecule has 0 N–H and O–H groups in total. The second kappa shape index (κ2) is 4.01. The standard InChI is InChI=1S/C10H14N2O3S/c1-8(13)9-6-11-12(7-9)10-2-4-16(14,15)5-3-10/h6-7,10H,2-5H2,1H3. The average molecular weight is 242 g/mol. The fourth-order valence-electron chi connectivity index (χ4n) is 1.86. The number of aromatic nitrogens is 2. The van der Waals surface area contributed by atoms with Gasteiger partial charge in [0, 0.05) is 6.20 Å². The molecule has 0 saturated carbocycles. The van der Waals surface area contributed by atoms with Crippen LogP contribution in [0.25, 0.3) is 0 Å². The molecule has 0 unspecified atom stereocenters. The van der Waals surface area contributed by atoms with Crippen LogP contribution in [0.5, 0.6) is 0 Å². The molecule has 0 amide bonds. The van der Waals surface area contributed by atoms with Gasteiger partial charge in [0.15, 0.2) is 5.78 Å². The number of hydrogen-bond acceptors (Lipinski definition) is 4. The van der Waals surface area contributed by atoms with Crippen LogP contribution >= 0.6 is 0 Å². The van der Waals surface area contributed by atoms with Crippen LogP contribution in [0.15, 0.2) is 12.4 Å². The van der Waals surface area contributed by atoms with E-state index in [1.807, 2.05) is 0 Å². The summed E-state index contributed by atoms with van der Waals surface area (Å²) in [6.07, 6.45) is 4.40. The molecule has 0 radical (unpaired) electrons. The summed E-state index contributed by atoms with van der Waals surface area (Å²) in [5.74, 6) is 0.412. The summed E-state index contributed by atoms with van der Waals surface area (Å²) in [7, 11) is -2.84. The lowest BCUT2D eigenvalue weighted by Crippen LogP contribution is -2.25. The van der Waals surface area contributed by atoms with Gasteiger partial charge in [0.25, 0.3) is 0 Å². The van der Waals surface area contributed by atoms with Gasteiger partial charge in [-0.05, 0) is 19.8 Å². The van der Waals surface area contributed by atoms with Gasteiger partial charge < -0.3 is 0 Å². The van der Waals surface area contributed by atoms with Crippen molar-refractivity contribution in [3.63, 3.8) is 0 Å². The van der Waals surface area contributed by atoms with Gasteiger partial charge in [0.2, 0.25) is 0 Å². The molecule has 0 aliphatic carbocycles. The van der Waals surface area contributed by atoms with Crippen molar-refractivity contribution in [2.24, 2.45) is 0 Å². The molecular weight excluding hydrogens is 228 g/mol. The number of carbonyl (C=O) groups excluding carboxylic acids is 1. The molecule has 2 heterocycles. The molecule has 1 saturated heterocycles. The van der Waals surface area contributed by atoms with E-state index in [0.717, 1.165) is 0 Å². The third kappa shape index (κ3) is 2.32. The van der Waals surface area contributed by atoms with Gasteiger partial charge in [-0.1, -0.05) is 0 Å². The number of Topliss-reactive ketones (excluding diaryl/α,β-unsaturated/α-hetero) is 1. The summed E-state index contributed by atoms with van der Waals surface area (Å²) in [4.78, 5) is 11.1. The van der Waals surface area contributed by atoms with Crippen LogP contribution in [0.4, 0.5) is 0 Å². The van der Waals surface area contributed by atoms with Crippen LogP contribution < -0.4 is 0 Å². The first kappa shape index (κ1) is 11.3. The minimum Gasteiger partial charge on any atom is -0.294 e. The summed E-state index contributed by atoms with van der Waals surface area (Å²) in [6.45, 7) is 1.49. The van der Waals surface area contributed by atoms with Crippen molar-refractivity contribution in [2.45, 2.75) is 25.8 Å². The van der Waals surface area contributed by atoms with E-state index in [2.05, 4.69) is 5.10 Å². The molecule has 0 atom stereocenters. The normalized spacial score (nSPS) is 20.8. The Bertz CT molecular complexity index is 490. The van der Waals surface area contributed by atoms with Crippen molar-refractivity contribution in [1.82, 2.24) is 9.78 Å². The maximum absolute atomic E-state index is 11.3. The van der Waals surface area contributed by atoms with Gasteiger partial charge in [0.05, 0.1) is 29.3 Å². The number of carbonyl (C=O) groups is 1. The molecule has 2 rings (SSSR count). The minimum atomic E-state index is -2.84. The first-order valence-corrected chi connectivity index (χ1v) is 7.05. The van der Waals surface area contributed by atoms with Crippen LogP contribution in [0.1, 0.15) is 36.2 Å². The maximum Gasteiger partial charge on any atom is 0.162 e. The summed E-state index contributed by atoms with van der Waals surface area (Å²) < 4.78 is 24.2. The second-order valence-corrected chi connectivity index (χ2v) is 6.45. The van der Waals surface area contributed by atoms with E-state index >= 15 is 0 Å². The van der Waals surface area contributed by atoms with Crippen LogP contribution in [-0.4, -0.2) is 35.5 Å². The van der Waals surface area contributed by atoms with E-state index in [9.17, 15) is 13.2 Å². The molecular formula is C10H14N2O3S. The molecule has 5 nitrogen and oxygen atoms in total. The zero-order valence-electron chi connectivity index (χ0n) is 9.09. The van der Waals surface area contributed by atoms with E-state index in [-0.39, 0.29) is 23.3 Å². The highest BCUT2D eigenvalue weighted by atomic mass is 32.2. The Kier molecular flexibility index (Phi) is 2.84. The molecule has 0 bridgehead atoms. The van der Waals surface area contributed by atoms with Gasteiger partial charge in [0.1, 0.15) is 9.84 Å². The van der Waals surface area contributed by atoms with Crippen molar-refractivity contribution in [3.8, 4) is 0 Å². The molecule has 0 aromatic carbocycles. The SMILES string of the molecule is CC(=O)c1cnn(C2CCS(=O)(=O)CC2)c1. The van der Waals surface area contributed by atoms with E-state index in [1.54, 1.807) is 10.9 Å². The lowest BCUT2D eigenvalue weighted by molar-refractivity contribution is 0.101. The highest BCUT2D eigenvalue weighted by Crippen LogP contribution is 2.23. The fraction of sp³-hybridized carbons (Fsp3) is 0.600. The lowest BCUT2D eigenvalue weighted by atomic mass is 10.1. The van der Waals surface area contributed by atoms with Gasteiger partial charge in [-0.25, -0.2) is 8.42 Å². The lowest BCUT2D eigenvalue weighted by Gasteiger charge is -2.22. The number of hydrogen-bond donors (Lipinski definition) is 0. The largest absolute Gasteiger partial charge is 0.294 e. The first-order chi connectivity index (χ1) is 7.48. The van der Waals surface area contributed by atoms with E-state index < -0.39 is 9.84 Å². The summed E-state index contributed by atoms with van der Waals surface area (Å²) in [6, 6.07) is 0.108. The highest BCUT2D eigenvalue weighted by Gasteiger charge is 2.25. The van der Waals surface area contributed by atoms with Crippen molar-refractivity contribution < 1.29 is 13.2 Å². The van der Waals surface area contributed by atoms with E-state index in [0.29, 0.717) is 18.4 Å². The van der Waals surface area contributed by atoms with Crippen LogP contribution in [-0.2, 0) is 9.84 Å². The number of sulfone groups is 1. The maximum atomic E-state index is 11.3. The molecule has 1 aliphatic heterocycles. The van der Waals surface area contributed by atoms with Crippen LogP contribution in [0.2, 0.25) is 0 Å². The fourth-order valence-corrected chi connectivity index (χ4v) is 3.33. The zero-order valence-corrected chi connectivity index (χ0v) is 9.90. The Labute approximate surface area is 94.4 Å². The minimum absolute atomic E-state index is 0.0188. The van der Waals surface area contributed by atoms with Gasteiger partial charge in [-0.3, -0.25) is 9.48 Å². The van der Waals surface area contributed by atoms with Gasteiger partial charge in [-0.2, -0.15) is 5.10 Å².